The normalized spacial score (nSPS) is 17.0. The van der Waals surface area contributed by atoms with Crippen LogP contribution >= 0.6 is 23.2 Å². The minimum absolute atomic E-state index is 0.0267. The zero-order valence-corrected chi connectivity index (χ0v) is 13.9. The Hall–Kier alpha value is -0.370. The molecule has 5 nitrogen and oxygen atoms in total. The lowest BCUT2D eigenvalue weighted by Crippen LogP contribution is -2.44. The molecule has 0 unspecified atom stereocenters. The summed E-state index contributed by atoms with van der Waals surface area (Å²) < 4.78 is 26.9. The monoisotopic (exact) mass is 351 g/mol. The van der Waals surface area contributed by atoms with Crippen molar-refractivity contribution in [3.63, 3.8) is 0 Å². The SMILES string of the molecule is O=S(=O)(NCCCN1CCNCC1)c1cccc(Cl)c1Cl. The minimum atomic E-state index is -3.61. The third-order valence-electron chi connectivity index (χ3n) is 3.36. The third-order valence-corrected chi connectivity index (χ3v) is 5.79. The van der Waals surface area contributed by atoms with Gasteiger partial charge in [0.2, 0.25) is 10.0 Å². The van der Waals surface area contributed by atoms with E-state index in [1.807, 2.05) is 0 Å². The number of halogens is 2. The predicted octanol–water partition coefficient (Wildman–Crippen LogP) is 1.57. The van der Waals surface area contributed by atoms with Crippen LogP contribution in [0.4, 0.5) is 0 Å². The van der Waals surface area contributed by atoms with E-state index in [0.29, 0.717) is 6.54 Å². The van der Waals surface area contributed by atoms with Crippen molar-refractivity contribution in [2.75, 3.05) is 39.3 Å². The Morgan fingerprint density at radius 1 is 1.24 bits per heavy atom. The fourth-order valence-electron chi connectivity index (χ4n) is 2.21. The highest BCUT2D eigenvalue weighted by atomic mass is 35.5. The van der Waals surface area contributed by atoms with Crippen LogP contribution in [0.3, 0.4) is 0 Å². The number of sulfonamides is 1. The topological polar surface area (TPSA) is 61.4 Å². The van der Waals surface area contributed by atoms with Crippen LogP contribution in [0.25, 0.3) is 0 Å². The Morgan fingerprint density at radius 3 is 2.67 bits per heavy atom. The van der Waals surface area contributed by atoms with Gasteiger partial charge in [-0.2, -0.15) is 0 Å². The summed E-state index contributed by atoms with van der Waals surface area (Å²) >= 11 is 11.8. The first-order chi connectivity index (χ1) is 10.0. The largest absolute Gasteiger partial charge is 0.314 e. The number of hydrogen-bond donors (Lipinski definition) is 2. The second kappa shape index (κ2) is 7.76. The van der Waals surface area contributed by atoms with Crippen LogP contribution in [0.1, 0.15) is 6.42 Å². The average Bonchev–Trinajstić information content (AvgIpc) is 2.47. The highest BCUT2D eigenvalue weighted by Gasteiger charge is 2.19. The predicted molar refractivity (Wildman–Crippen MR) is 85.6 cm³/mol. The molecule has 8 heteroatoms. The van der Waals surface area contributed by atoms with E-state index in [1.54, 1.807) is 12.1 Å². The number of benzene rings is 1. The molecule has 0 bridgehead atoms. The van der Waals surface area contributed by atoms with Gasteiger partial charge in [-0.05, 0) is 25.1 Å². The summed E-state index contributed by atoms with van der Waals surface area (Å²) in [5.41, 5.74) is 0. The van der Waals surface area contributed by atoms with Gasteiger partial charge < -0.3 is 10.2 Å². The van der Waals surface area contributed by atoms with E-state index >= 15 is 0 Å². The van der Waals surface area contributed by atoms with Crippen molar-refractivity contribution in [1.29, 1.82) is 0 Å². The van der Waals surface area contributed by atoms with E-state index in [4.69, 9.17) is 23.2 Å². The van der Waals surface area contributed by atoms with Gasteiger partial charge in [0.25, 0.3) is 0 Å². The van der Waals surface area contributed by atoms with Crippen molar-refractivity contribution >= 4 is 33.2 Å². The van der Waals surface area contributed by atoms with E-state index in [1.165, 1.54) is 6.07 Å². The van der Waals surface area contributed by atoms with E-state index in [9.17, 15) is 8.42 Å². The second-order valence-electron chi connectivity index (χ2n) is 4.89. The molecule has 0 aromatic heterocycles. The van der Waals surface area contributed by atoms with Gasteiger partial charge in [0.05, 0.1) is 10.0 Å². The highest BCUT2D eigenvalue weighted by molar-refractivity contribution is 7.89. The van der Waals surface area contributed by atoms with Gasteiger partial charge in [0, 0.05) is 32.7 Å². The Morgan fingerprint density at radius 2 is 1.95 bits per heavy atom. The summed E-state index contributed by atoms with van der Waals surface area (Å²) in [6.07, 6.45) is 0.761. The van der Waals surface area contributed by atoms with Crippen LogP contribution in [0, 0.1) is 0 Å². The zero-order valence-electron chi connectivity index (χ0n) is 11.6. The van der Waals surface area contributed by atoms with Gasteiger partial charge in [-0.25, -0.2) is 13.1 Å². The Labute approximate surface area is 135 Å². The van der Waals surface area contributed by atoms with Crippen LogP contribution in [0.5, 0.6) is 0 Å². The van der Waals surface area contributed by atoms with Gasteiger partial charge in [-0.15, -0.1) is 0 Å². The van der Waals surface area contributed by atoms with Gasteiger partial charge in [-0.3, -0.25) is 0 Å². The lowest BCUT2D eigenvalue weighted by atomic mass is 10.3. The first-order valence-corrected chi connectivity index (χ1v) is 9.11. The van der Waals surface area contributed by atoms with Crippen molar-refractivity contribution in [2.45, 2.75) is 11.3 Å². The average molecular weight is 352 g/mol. The van der Waals surface area contributed by atoms with Gasteiger partial charge in [-0.1, -0.05) is 29.3 Å². The lowest BCUT2D eigenvalue weighted by molar-refractivity contribution is 0.239. The molecule has 1 aliphatic rings. The number of hydrogen-bond acceptors (Lipinski definition) is 4. The van der Waals surface area contributed by atoms with Gasteiger partial charge in [0.15, 0.2) is 0 Å². The Bertz CT molecular complexity index is 575. The molecule has 0 atom stereocenters. The van der Waals surface area contributed by atoms with Crippen LogP contribution in [0.15, 0.2) is 23.1 Å². The molecule has 0 radical (unpaired) electrons. The lowest BCUT2D eigenvalue weighted by Gasteiger charge is -2.27. The maximum Gasteiger partial charge on any atom is 0.242 e. The molecule has 1 fully saturated rings. The molecule has 118 valence electrons. The van der Waals surface area contributed by atoms with Crippen LogP contribution in [-0.4, -0.2) is 52.6 Å². The highest BCUT2D eigenvalue weighted by Crippen LogP contribution is 2.28. The molecule has 0 saturated carbocycles. The summed E-state index contributed by atoms with van der Waals surface area (Å²) in [5, 5.41) is 3.58. The molecule has 21 heavy (non-hydrogen) atoms. The van der Waals surface area contributed by atoms with Crippen molar-refractivity contribution < 1.29 is 8.42 Å². The van der Waals surface area contributed by atoms with E-state index in [2.05, 4.69) is 14.9 Å². The number of nitrogens with zero attached hydrogens (tertiary/aromatic N) is 1. The van der Waals surface area contributed by atoms with E-state index in [0.717, 1.165) is 39.1 Å². The smallest absolute Gasteiger partial charge is 0.242 e. The van der Waals surface area contributed by atoms with Gasteiger partial charge in [0.1, 0.15) is 4.90 Å². The molecule has 1 heterocycles. The molecule has 0 amide bonds. The molecule has 2 N–H and O–H groups in total. The van der Waals surface area contributed by atoms with Crippen LogP contribution in [0.2, 0.25) is 10.0 Å². The van der Waals surface area contributed by atoms with E-state index < -0.39 is 10.0 Å². The van der Waals surface area contributed by atoms with Crippen molar-refractivity contribution in [1.82, 2.24) is 14.9 Å². The second-order valence-corrected chi connectivity index (χ2v) is 7.42. The fraction of sp³-hybridized carbons (Fsp3) is 0.538. The third kappa shape index (κ3) is 4.81. The molecular formula is C13H19Cl2N3O2S. The standard InChI is InChI=1S/C13H19Cl2N3O2S/c14-11-3-1-4-12(13(11)15)21(19,20)17-5-2-8-18-9-6-16-7-10-18/h1,3-4,16-17H,2,5-10H2. The summed E-state index contributed by atoms with van der Waals surface area (Å²) in [4.78, 5) is 2.34. The molecule has 2 rings (SSSR count). The molecule has 1 aromatic rings. The Kier molecular flexibility index (Phi) is 6.28. The minimum Gasteiger partial charge on any atom is -0.314 e. The molecule has 0 aliphatic carbocycles. The first kappa shape index (κ1) is 17.0. The van der Waals surface area contributed by atoms with E-state index in [-0.39, 0.29) is 14.9 Å². The first-order valence-electron chi connectivity index (χ1n) is 6.87. The molecule has 1 saturated heterocycles. The van der Waals surface area contributed by atoms with Crippen molar-refractivity contribution in [3.8, 4) is 0 Å². The summed E-state index contributed by atoms with van der Waals surface area (Å²) in [7, 11) is -3.61. The number of piperazine rings is 1. The fourth-order valence-corrected chi connectivity index (χ4v) is 4.05. The Balaban J connectivity index is 1.85. The quantitative estimate of drug-likeness (QED) is 0.763. The van der Waals surface area contributed by atoms with Crippen LogP contribution in [-0.2, 0) is 10.0 Å². The molecule has 1 aromatic carbocycles. The molecule has 1 aliphatic heterocycles. The number of nitrogens with one attached hydrogen (secondary N) is 2. The molecular weight excluding hydrogens is 333 g/mol. The van der Waals surface area contributed by atoms with Crippen LogP contribution < -0.4 is 10.0 Å². The maximum absolute atomic E-state index is 12.2. The zero-order chi connectivity index (χ0) is 15.3. The summed E-state index contributed by atoms with van der Waals surface area (Å²) in [6, 6.07) is 4.59. The van der Waals surface area contributed by atoms with Crippen molar-refractivity contribution in [3.05, 3.63) is 28.2 Å². The van der Waals surface area contributed by atoms with Crippen molar-refractivity contribution in [2.24, 2.45) is 0 Å². The maximum atomic E-state index is 12.2. The number of rotatable bonds is 6. The molecule has 0 spiro atoms. The summed E-state index contributed by atoms with van der Waals surface area (Å²) in [6.45, 7) is 5.26. The van der Waals surface area contributed by atoms with Gasteiger partial charge >= 0.3 is 0 Å². The summed E-state index contributed by atoms with van der Waals surface area (Å²) in [5.74, 6) is 0.